The Hall–Kier alpha value is -2.43. The predicted octanol–water partition coefficient (Wildman–Crippen LogP) is 6.39. The van der Waals surface area contributed by atoms with Crippen LogP contribution in [0.25, 0.3) is 11.1 Å². The van der Waals surface area contributed by atoms with E-state index in [1.807, 2.05) is 60.7 Å². The zero-order valence-electron chi connectivity index (χ0n) is 16.7. The van der Waals surface area contributed by atoms with Crippen molar-refractivity contribution in [3.8, 4) is 16.9 Å². The van der Waals surface area contributed by atoms with Crippen molar-refractivity contribution in [2.75, 3.05) is 20.1 Å². The van der Waals surface area contributed by atoms with Gasteiger partial charge in [-0.3, -0.25) is 0 Å². The van der Waals surface area contributed by atoms with Crippen LogP contribution in [0.5, 0.6) is 5.75 Å². The molecular formula is C24H23ClO3S. The second-order valence-corrected chi connectivity index (χ2v) is 7.99. The molecule has 0 unspecified atom stereocenters. The highest BCUT2D eigenvalue weighted by atomic mass is 35.5. The number of hydrogen-bond acceptors (Lipinski definition) is 4. The summed E-state index contributed by atoms with van der Waals surface area (Å²) < 4.78 is 10.5. The summed E-state index contributed by atoms with van der Waals surface area (Å²) in [6, 6.07) is 19.8. The first-order valence-electron chi connectivity index (χ1n) is 9.27. The van der Waals surface area contributed by atoms with Gasteiger partial charge in [0, 0.05) is 21.2 Å². The molecule has 0 fully saturated rings. The van der Waals surface area contributed by atoms with Gasteiger partial charge >= 0.3 is 5.97 Å². The molecule has 3 aromatic rings. The molecule has 0 amide bonds. The van der Waals surface area contributed by atoms with E-state index < -0.39 is 0 Å². The Morgan fingerprint density at radius 3 is 2.45 bits per heavy atom. The number of rotatable bonds is 7. The summed E-state index contributed by atoms with van der Waals surface area (Å²) in [4.78, 5) is 14.7. The fourth-order valence-electron chi connectivity index (χ4n) is 3.34. The highest BCUT2D eigenvalue weighted by Gasteiger charge is 2.24. The molecule has 5 heteroatoms. The molecule has 3 nitrogen and oxygen atoms in total. The molecule has 0 spiro atoms. The molecule has 150 valence electrons. The Labute approximate surface area is 181 Å². The monoisotopic (exact) mass is 426 g/mol. The van der Waals surface area contributed by atoms with Crippen LogP contribution in [0.15, 0.2) is 70.5 Å². The molecule has 0 aliphatic heterocycles. The van der Waals surface area contributed by atoms with E-state index in [-0.39, 0.29) is 5.97 Å². The molecule has 0 atom stereocenters. The Morgan fingerprint density at radius 1 is 1.03 bits per heavy atom. The number of methoxy groups -OCH3 is 2. The number of hydrogen-bond donors (Lipinski definition) is 0. The first-order chi connectivity index (χ1) is 14.1. The van der Waals surface area contributed by atoms with Crippen LogP contribution in [0.2, 0.25) is 0 Å². The highest BCUT2D eigenvalue weighted by Crippen LogP contribution is 2.41. The number of carbonyl (C=O) groups is 1. The largest absolute Gasteiger partial charge is 0.497 e. The highest BCUT2D eigenvalue weighted by molar-refractivity contribution is 7.99. The molecule has 0 N–H and O–H groups in total. The molecule has 0 aromatic heterocycles. The van der Waals surface area contributed by atoms with Crippen molar-refractivity contribution in [3.63, 3.8) is 0 Å². The number of benzene rings is 3. The van der Waals surface area contributed by atoms with Crippen LogP contribution in [-0.4, -0.2) is 26.1 Å². The second kappa shape index (κ2) is 9.86. The van der Waals surface area contributed by atoms with Gasteiger partial charge in [0.25, 0.3) is 0 Å². The van der Waals surface area contributed by atoms with Crippen molar-refractivity contribution >= 4 is 29.3 Å². The van der Waals surface area contributed by atoms with Gasteiger partial charge in [-0.25, -0.2) is 4.79 Å². The van der Waals surface area contributed by atoms with Crippen LogP contribution in [-0.2, 0) is 11.2 Å². The summed E-state index contributed by atoms with van der Waals surface area (Å²) in [5.74, 6) is 0.891. The third kappa shape index (κ3) is 4.77. The smallest absolute Gasteiger partial charge is 0.339 e. The van der Waals surface area contributed by atoms with E-state index in [1.54, 1.807) is 7.11 Å². The molecule has 0 saturated heterocycles. The molecule has 3 rings (SSSR count). The zero-order chi connectivity index (χ0) is 20.8. The lowest BCUT2D eigenvalue weighted by Crippen LogP contribution is -2.10. The SMILES string of the molecule is COC(=O)c1c(Sc2cccc(OC)c2)cc(C)c(CCCl)c1-c1ccccc1. The average Bonchev–Trinajstić information content (AvgIpc) is 2.75. The molecule has 0 aliphatic carbocycles. The summed E-state index contributed by atoms with van der Waals surface area (Å²) in [5.41, 5.74) is 4.61. The predicted molar refractivity (Wildman–Crippen MR) is 119 cm³/mol. The normalized spacial score (nSPS) is 10.6. The average molecular weight is 427 g/mol. The van der Waals surface area contributed by atoms with Crippen molar-refractivity contribution in [2.45, 2.75) is 23.1 Å². The second-order valence-electron chi connectivity index (χ2n) is 6.50. The van der Waals surface area contributed by atoms with E-state index in [9.17, 15) is 4.79 Å². The Morgan fingerprint density at radius 2 is 1.79 bits per heavy atom. The molecule has 0 aliphatic rings. The molecular weight excluding hydrogens is 404 g/mol. The van der Waals surface area contributed by atoms with E-state index in [0.717, 1.165) is 37.8 Å². The van der Waals surface area contributed by atoms with Gasteiger partial charge in [0.1, 0.15) is 5.75 Å². The van der Waals surface area contributed by atoms with E-state index in [1.165, 1.54) is 18.9 Å². The third-order valence-corrected chi connectivity index (χ3v) is 5.91. The van der Waals surface area contributed by atoms with Crippen molar-refractivity contribution in [1.82, 2.24) is 0 Å². The Balaban J connectivity index is 2.25. The Bertz CT molecular complexity index is 1000. The van der Waals surface area contributed by atoms with E-state index in [4.69, 9.17) is 21.1 Å². The van der Waals surface area contributed by atoms with Gasteiger partial charge in [0.05, 0.1) is 19.8 Å². The van der Waals surface area contributed by atoms with Crippen LogP contribution < -0.4 is 4.74 Å². The summed E-state index contributed by atoms with van der Waals surface area (Å²) in [5, 5.41) is 0. The topological polar surface area (TPSA) is 35.5 Å². The van der Waals surface area contributed by atoms with E-state index in [0.29, 0.717) is 17.9 Å². The standard InChI is InChI=1S/C24H23ClO3S/c1-16-14-21(29-19-11-7-10-18(15-19)27-2)23(24(26)28-3)22(20(16)12-13-25)17-8-5-4-6-9-17/h4-11,14-15H,12-13H2,1-3H3. The van der Waals surface area contributed by atoms with Gasteiger partial charge in [0.2, 0.25) is 0 Å². The lowest BCUT2D eigenvalue weighted by atomic mass is 9.89. The lowest BCUT2D eigenvalue weighted by Gasteiger charge is -2.20. The number of halogens is 1. The van der Waals surface area contributed by atoms with Gasteiger partial charge in [-0.15, -0.1) is 11.6 Å². The maximum atomic E-state index is 12.9. The van der Waals surface area contributed by atoms with Gasteiger partial charge in [-0.2, -0.15) is 0 Å². The van der Waals surface area contributed by atoms with Crippen LogP contribution >= 0.6 is 23.4 Å². The first kappa shape index (κ1) is 21.3. The minimum atomic E-state index is -0.356. The fourth-order valence-corrected chi connectivity index (χ4v) is 4.63. The van der Waals surface area contributed by atoms with E-state index >= 15 is 0 Å². The number of carbonyl (C=O) groups excluding carboxylic acids is 1. The molecule has 29 heavy (non-hydrogen) atoms. The quantitative estimate of drug-likeness (QED) is 0.324. The number of esters is 1. The third-order valence-electron chi connectivity index (χ3n) is 4.69. The van der Waals surface area contributed by atoms with Crippen molar-refractivity contribution in [2.24, 2.45) is 0 Å². The number of aryl methyl sites for hydroxylation is 1. The molecule has 0 radical (unpaired) electrons. The zero-order valence-corrected chi connectivity index (χ0v) is 18.3. The van der Waals surface area contributed by atoms with Crippen molar-refractivity contribution in [1.29, 1.82) is 0 Å². The molecule has 0 heterocycles. The number of alkyl halides is 1. The Kier molecular flexibility index (Phi) is 7.24. The van der Waals surface area contributed by atoms with Gasteiger partial charge < -0.3 is 9.47 Å². The van der Waals surface area contributed by atoms with E-state index in [2.05, 4.69) is 6.92 Å². The summed E-state index contributed by atoms with van der Waals surface area (Å²) in [6.07, 6.45) is 0.672. The fraction of sp³-hybridized carbons (Fsp3) is 0.208. The molecule has 0 bridgehead atoms. The van der Waals surface area contributed by atoms with Crippen LogP contribution in [0.3, 0.4) is 0 Å². The van der Waals surface area contributed by atoms with Crippen LogP contribution in [0, 0.1) is 6.92 Å². The minimum Gasteiger partial charge on any atom is -0.497 e. The van der Waals surface area contributed by atoms with Gasteiger partial charge in [-0.05, 0) is 54.3 Å². The summed E-state index contributed by atoms with van der Waals surface area (Å²) in [6.45, 7) is 2.06. The van der Waals surface area contributed by atoms with Crippen molar-refractivity contribution < 1.29 is 14.3 Å². The molecule has 0 saturated carbocycles. The minimum absolute atomic E-state index is 0.356. The maximum Gasteiger partial charge on any atom is 0.339 e. The first-order valence-corrected chi connectivity index (χ1v) is 10.6. The summed E-state index contributed by atoms with van der Waals surface area (Å²) in [7, 11) is 3.06. The van der Waals surface area contributed by atoms with Crippen molar-refractivity contribution in [3.05, 3.63) is 77.4 Å². The van der Waals surface area contributed by atoms with Gasteiger partial charge in [0.15, 0.2) is 0 Å². The maximum absolute atomic E-state index is 12.9. The van der Waals surface area contributed by atoms with Crippen LogP contribution in [0.1, 0.15) is 21.5 Å². The molecule has 3 aromatic carbocycles. The lowest BCUT2D eigenvalue weighted by molar-refractivity contribution is 0.0597. The number of ether oxygens (including phenoxy) is 2. The van der Waals surface area contributed by atoms with Gasteiger partial charge in [-0.1, -0.05) is 48.2 Å². The summed E-state index contributed by atoms with van der Waals surface area (Å²) >= 11 is 7.62. The van der Waals surface area contributed by atoms with Crippen LogP contribution in [0.4, 0.5) is 0 Å².